The lowest BCUT2D eigenvalue weighted by Crippen LogP contribution is -2.09. The van der Waals surface area contributed by atoms with Gasteiger partial charge in [-0.3, -0.25) is 0 Å². The van der Waals surface area contributed by atoms with Crippen LogP contribution in [-0.4, -0.2) is 7.11 Å². The summed E-state index contributed by atoms with van der Waals surface area (Å²) in [6.07, 6.45) is 1.43. The molecule has 0 aliphatic heterocycles. The number of halogens is 2. The highest BCUT2D eigenvalue weighted by Crippen LogP contribution is 2.28. The minimum atomic E-state index is -1.03. The zero-order valence-corrected chi connectivity index (χ0v) is 7.76. The average Bonchev–Trinajstić information content (AvgIpc) is 2.20. The second-order valence-corrected chi connectivity index (χ2v) is 2.75. The van der Waals surface area contributed by atoms with Crippen molar-refractivity contribution in [3.8, 4) is 5.75 Å². The van der Waals surface area contributed by atoms with Gasteiger partial charge in [-0.15, -0.1) is 6.58 Å². The van der Waals surface area contributed by atoms with Crippen molar-refractivity contribution in [1.29, 1.82) is 0 Å². The maximum atomic E-state index is 13.2. The first-order valence-corrected chi connectivity index (χ1v) is 4.01. The van der Waals surface area contributed by atoms with Gasteiger partial charge in [0, 0.05) is 5.56 Å². The minimum Gasteiger partial charge on any atom is -0.493 e. The zero-order valence-electron chi connectivity index (χ0n) is 7.76. The lowest BCUT2D eigenvalue weighted by Gasteiger charge is -2.12. The summed E-state index contributed by atoms with van der Waals surface area (Å²) in [5.74, 6) is -2.15. The van der Waals surface area contributed by atoms with Gasteiger partial charge in [0.1, 0.15) is 0 Å². The Hall–Kier alpha value is -1.42. The van der Waals surface area contributed by atoms with Crippen LogP contribution in [0.1, 0.15) is 11.6 Å². The number of ether oxygens (including phenoxy) is 1. The molecule has 14 heavy (non-hydrogen) atoms. The van der Waals surface area contributed by atoms with E-state index in [1.807, 2.05) is 0 Å². The van der Waals surface area contributed by atoms with Crippen molar-refractivity contribution in [3.05, 3.63) is 42.0 Å². The number of methoxy groups -OCH3 is 1. The molecule has 0 aliphatic carbocycles. The zero-order chi connectivity index (χ0) is 10.7. The Kier molecular flexibility index (Phi) is 3.19. The van der Waals surface area contributed by atoms with Crippen LogP contribution in [0.4, 0.5) is 8.78 Å². The van der Waals surface area contributed by atoms with Crippen molar-refractivity contribution in [2.24, 2.45) is 5.73 Å². The highest BCUT2D eigenvalue weighted by molar-refractivity contribution is 5.39. The van der Waals surface area contributed by atoms with Gasteiger partial charge in [0.2, 0.25) is 5.82 Å². The fraction of sp³-hybridized carbons (Fsp3) is 0.200. The van der Waals surface area contributed by atoms with Crippen molar-refractivity contribution in [1.82, 2.24) is 0 Å². The third-order valence-corrected chi connectivity index (χ3v) is 1.90. The van der Waals surface area contributed by atoms with Crippen LogP contribution in [-0.2, 0) is 0 Å². The standard InChI is InChI=1S/C10H11F2NO/c1-3-8(13)6-4-5-7(11)9(12)10(6)14-2/h3-5,8H,1,13H2,2H3/t8-/m0/s1. The molecule has 1 atom stereocenters. The van der Waals surface area contributed by atoms with E-state index in [0.717, 1.165) is 6.07 Å². The molecule has 0 aromatic heterocycles. The molecular weight excluding hydrogens is 188 g/mol. The predicted octanol–water partition coefficient (Wildman–Crippen LogP) is 2.16. The van der Waals surface area contributed by atoms with Gasteiger partial charge in [-0.1, -0.05) is 12.1 Å². The monoisotopic (exact) mass is 199 g/mol. The minimum absolute atomic E-state index is 0.169. The fourth-order valence-corrected chi connectivity index (χ4v) is 1.14. The SMILES string of the molecule is C=C[C@H](N)c1ccc(F)c(F)c1OC. The number of benzene rings is 1. The Morgan fingerprint density at radius 3 is 2.64 bits per heavy atom. The van der Waals surface area contributed by atoms with E-state index in [-0.39, 0.29) is 5.75 Å². The lowest BCUT2D eigenvalue weighted by molar-refractivity contribution is 0.365. The third-order valence-electron chi connectivity index (χ3n) is 1.90. The summed E-state index contributed by atoms with van der Waals surface area (Å²) in [7, 11) is 1.26. The first-order valence-electron chi connectivity index (χ1n) is 4.01. The molecular formula is C10H11F2NO. The van der Waals surface area contributed by atoms with Gasteiger partial charge >= 0.3 is 0 Å². The molecule has 76 valence electrons. The Morgan fingerprint density at radius 1 is 1.50 bits per heavy atom. The smallest absolute Gasteiger partial charge is 0.200 e. The maximum Gasteiger partial charge on any atom is 0.200 e. The number of hydrogen-bond donors (Lipinski definition) is 1. The number of nitrogens with two attached hydrogens (primary N) is 1. The molecule has 0 saturated carbocycles. The largest absolute Gasteiger partial charge is 0.493 e. The van der Waals surface area contributed by atoms with E-state index in [4.69, 9.17) is 10.5 Å². The average molecular weight is 199 g/mol. The molecule has 1 rings (SSSR count). The molecule has 0 radical (unpaired) electrons. The quantitative estimate of drug-likeness (QED) is 0.757. The predicted molar refractivity (Wildman–Crippen MR) is 50.0 cm³/mol. The summed E-state index contributed by atoms with van der Waals surface area (Å²) in [4.78, 5) is 0. The van der Waals surface area contributed by atoms with E-state index >= 15 is 0 Å². The molecule has 0 fully saturated rings. The van der Waals surface area contributed by atoms with E-state index in [0.29, 0.717) is 5.56 Å². The van der Waals surface area contributed by atoms with Crippen molar-refractivity contribution in [3.63, 3.8) is 0 Å². The van der Waals surface area contributed by atoms with Crippen LogP contribution in [0.15, 0.2) is 24.8 Å². The molecule has 4 heteroatoms. The van der Waals surface area contributed by atoms with Gasteiger partial charge in [-0.2, -0.15) is 4.39 Å². The maximum absolute atomic E-state index is 13.2. The number of rotatable bonds is 3. The van der Waals surface area contributed by atoms with Crippen molar-refractivity contribution in [2.45, 2.75) is 6.04 Å². The van der Waals surface area contributed by atoms with Gasteiger partial charge in [-0.05, 0) is 6.07 Å². The van der Waals surface area contributed by atoms with E-state index in [1.165, 1.54) is 19.3 Å². The summed E-state index contributed by atoms with van der Waals surface area (Å²) in [6, 6.07) is 1.82. The van der Waals surface area contributed by atoms with E-state index in [2.05, 4.69) is 6.58 Å². The molecule has 0 amide bonds. The molecule has 0 bridgehead atoms. The first-order chi connectivity index (χ1) is 6.61. The Bertz CT molecular complexity index is 352. The van der Waals surface area contributed by atoms with Crippen LogP contribution in [0.5, 0.6) is 5.75 Å². The summed E-state index contributed by atoms with van der Waals surface area (Å²) in [5.41, 5.74) is 5.98. The highest BCUT2D eigenvalue weighted by Gasteiger charge is 2.16. The van der Waals surface area contributed by atoms with Crippen LogP contribution in [0, 0.1) is 11.6 Å². The number of hydrogen-bond acceptors (Lipinski definition) is 2. The second-order valence-electron chi connectivity index (χ2n) is 2.75. The molecule has 0 heterocycles. The van der Waals surface area contributed by atoms with Crippen LogP contribution < -0.4 is 10.5 Å². The van der Waals surface area contributed by atoms with Crippen LogP contribution in [0.3, 0.4) is 0 Å². The lowest BCUT2D eigenvalue weighted by atomic mass is 10.1. The van der Waals surface area contributed by atoms with Gasteiger partial charge in [0.05, 0.1) is 13.2 Å². The molecule has 2 nitrogen and oxygen atoms in total. The molecule has 1 aromatic carbocycles. The van der Waals surface area contributed by atoms with E-state index in [9.17, 15) is 8.78 Å². The molecule has 0 unspecified atom stereocenters. The Labute approximate surface area is 81.0 Å². The second kappa shape index (κ2) is 4.19. The van der Waals surface area contributed by atoms with E-state index < -0.39 is 17.7 Å². The Morgan fingerprint density at radius 2 is 2.14 bits per heavy atom. The van der Waals surface area contributed by atoms with Crippen LogP contribution in [0.2, 0.25) is 0 Å². The molecule has 2 N–H and O–H groups in total. The fourth-order valence-electron chi connectivity index (χ4n) is 1.14. The van der Waals surface area contributed by atoms with Crippen molar-refractivity contribution < 1.29 is 13.5 Å². The van der Waals surface area contributed by atoms with Gasteiger partial charge in [0.15, 0.2) is 11.6 Å². The van der Waals surface area contributed by atoms with Crippen molar-refractivity contribution >= 4 is 0 Å². The van der Waals surface area contributed by atoms with Gasteiger partial charge < -0.3 is 10.5 Å². The van der Waals surface area contributed by atoms with Crippen LogP contribution in [0.25, 0.3) is 0 Å². The molecule has 0 spiro atoms. The highest BCUT2D eigenvalue weighted by atomic mass is 19.2. The van der Waals surface area contributed by atoms with E-state index in [1.54, 1.807) is 0 Å². The van der Waals surface area contributed by atoms with Gasteiger partial charge in [-0.25, -0.2) is 4.39 Å². The van der Waals surface area contributed by atoms with Crippen LogP contribution >= 0.6 is 0 Å². The summed E-state index contributed by atoms with van der Waals surface area (Å²) < 4.78 is 30.7. The third kappa shape index (κ3) is 1.75. The summed E-state index contributed by atoms with van der Waals surface area (Å²) >= 11 is 0. The summed E-state index contributed by atoms with van der Waals surface area (Å²) in [6.45, 7) is 3.47. The van der Waals surface area contributed by atoms with Crippen molar-refractivity contribution in [2.75, 3.05) is 7.11 Å². The first kappa shape index (κ1) is 10.7. The molecule has 1 aromatic rings. The topological polar surface area (TPSA) is 35.2 Å². The normalized spacial score (nSPS) is 12.3. The summed E-state index contributed by atoms with van der Waals surface area (Å²) in [5, 5.41) is 0. The molecule has 0 saturated heterocycles. The Balaban J connectivity index is 3.30. The van der Waals surface area contributed by atoms with Gasteiger partial charge in [0.25, 0.3) is 0 Å². The molecule has 0 aliphatic rings.